The second-order valence-corrected chi connectivity index (χ2v) is 8.49. The Labute approximate surface area is 159 Å². The number of benzene rings is 2. The molecule has 0 fully saturated rings. The van der Waals surface area contributed by atoms with Crippen molar-refractivity contribution in [2.75, 3.05) is 5.75 Å². The number of aryl methyl sites for hydroxylation is 2. The number of aromatic nitrogens is 4. The van der Waals surface area contributed by atoms with Crippen LogP contribution < -0.4 is 0 Å². The molecule has 0 N–H and O–H groups in total. The molecule has 1 heterocycles. The first-order chi connectivity index (χ1) is 12.3. The van der Waals surface area contributed by atoms with Gasteiger partial charge in [-0.05, 0) is 54.1 Å². The predicted molar refractivity (Wildman–Crippen MR) is 96.5 cm³/mol. The van der Waals surface area contributed by atoms with Crippen molar-refractivity contribution in [3.63, 3.8) is 0 Å². The maximum Gasteiger partial charge on any atom is 0.204 e. The van der Waals surface area contributed by atoms with Gasteiger partial charge in [0.2, 0.25) is 5.82 Å². The number of hydrogen-bond acceptors (Lipinski definition) is 5. The van der Waals surface area contributed by atoms with Gasteiger partial charge in [-0.2, -0.15) is 4.80 Å². The topological polar surface area (TPSA) is 77.7 Å². The van der Waals surface area contributed by atoms with Crippen molar-refractivity contribution in [3.05, 3.63) is 57.8 Å². The molecule has 0 bridgehead atoms. The van der Waals surface area contributed by atoms with E-state index in [0.717, 1.165) is 0 Å². The molecule has 0 atom stereocenters. The lowest BCUT2D eigenvalue weighted by atomic mass is 10.1. The van der Waals surface area contributed by atoms with Crippen LogP contribution in [0.2, 0.25) is 10.0 Å². The van der Waals surface area contributed by atoms with Crippen molar-refractivity contribution in [1.29, 1.82) is 0 Å². The number of halogens is 3. The zero-order chi connectivity index (χ0) is 18.9. The molecule has 0 saturated carbocycles. The predicted octanol–water partition coefficient (Wildman–Crippen LogP) is 3.57. The van der Waals surface area contributed by atoms with Crippen molar-refractivity contribution in [1.82, 2.24) is 20.2 Å². The fraction of sp³-hybridized carbons (Fsp3) is 0.188. The Morgan fingerprint density at radius 2 is 1.92 bits per heavy atom. The van der Waals surface area contributed by atoms with E-state index in [9.17, 15) is 12.8 Å². The molecule has 0 unspecified atom stereocenters. The van der Waals surface area contributed by atoms with E-state index in [4.69, 9.17) is 23.2 Å². The lowest BCUT2D eigenvalue weighted by molar-refractivity contribution is 0.538. The Kier molecular flexibility index (Phi) is 5.27. The van der Waals surface area contributed by atoms with Crippen LogP contribution in [0.3, 0.4) is 0 Å². The van der Waals surface area contributed by atoms with Gasteiger partial charge in [-0.25, -0.2) is 12.8 Å². The Morgan fingerprint density at radius 1 is 1.15 bits per heavy atom. The SMILES string of the molecule is Cc1cc(-c2nnn(CCS(=O)(=O)c3cc(Cl)ccc3Cl)n2)ccc1F. The lowest BCUT2D eigenvalue weighted by Gasteiger charge is -2.06. The first kappa shape index (κ1) is 18.8. The van der Waals surface area contributed by atoms with Crippen LogP contribution in [0.4, 0.5) is 4.39 Å². The van der Waals surface area contributed by atoms with Crippen LogP contribution in [-0.4, -0.2) is 34.4 Å². The molecule has 3 aromatic rings. The Bertz CT molecular complexity index is 1070. The zero-order valence-electron chi connectivity index (χ0n) is 13.5. The van der Waals surface area contributed by atoms with Crippen LogP contribution in [-0.2, 0) is 16.4 Å². The summed E-state index contributed by atoms with van der Waals surface area (Å²) in [5.74, 6) is -0.317. The number of nitrogens with zero attached hydrogens (tertiary/aromatic N) is 4. The Hall–Kier alpha value is -2.03. The summed E-state index contributed by atoms with van der Waals surface area (Å²) in [4.78, 5) is 1.13. The summed E-state index contributed by atoms with van der Waals surface area (Å²) < 4.78 is 38.3. The Balaban J connectivity index is 1.77. The lowest BCUT2D eigenvalue weighted by Crippen LogP contribution is -2.15. The minimum absolute atomic E-state index is 0.0155. The molecule has 2 aromatic carbocycles. The highest BCUT2D eigenvalue weighted by Gasteiger charge is 2.19. The minimum Gasteiger partial charge on any atom is -0.224 e. The van der Waals surface area contributed by atoms with Gasteiger partial charge in [0.05, 0.1) is 22.2 Å². The molecule has 0 aliphatic carbocycles. The van der Waals surface area contributed by atoms with E-state index in [0.29, 0.717) is 11.1 Å². The van der Waals surface area contributed by atoms with Gasteiger partial charge in [0.15, 0.2) is 9.84 Å². The summed E-state index contributed by atoms with van der Waals surface area (Å²) in [5.41, 5.74) is 1.05. The van der Waals surface area contributed by atoms with Gasteiger partial charge in [0, 0.05) is 10.6 Å². The molecule has 136 valence electrons. The van der Waals surface area contributed by atoms with Gasteiger partial charge in [-0.15, -0.1) is 10.2 Å². The van der Waals surface area contributed by atoms with E-state index in [1.807, 2.05) is 0 Å². The van der Waals surface area contributed by atoms with E-state index >= 15 is 0 Å². The molecule has 0 radical (unpaired) electrons. The van der Waals surface area contributed by atoms with Gasteiger partial charge in [0.1, 0.15) is 5.82 Å². The van der Waals surface area contributed by atoms with Crippen molar-refractivity contribution in [3.8, 4) is 11.4 Å². The van der Waals surface area contributed by atoms with Crippen LogP contribution >= 0.6 is 23.2 Å². The molecule has 0 spiro atoms. The average molecular weight is 415 g/mol. The molecule has 3 rings (SSSR count). The fourth-order valence-electron chi connectivity index (χ4n) is 2.26. The van der Waals surface area contributed by atoms with Gasteiger partial charge in [-0.1, -0.05) is 23.2 Å². The van der Waals surface area contributed by atoms with Crippen LogP contribution in [0.25, 0.3) is 11.4 Å². The second-order valence-electron chi connectivity index (χ2n) is 5.57. The van der Waals surface area contributed by atoms with Crippen molar-refractivity contribution < 1.29 is 12.8 Å². The van der Waals surface area contributed by atoms with E-state index < -0.39 is 9.84 Å². The normalized spacial score (nSPS) is 11.7. The maximum absolute atomic E-state index is 13.3. The van der Waals surface area contributed by atoms with Gasteiger partial charge < -0.3 is 0 Å². The van der Waals surface area contributed by atoms with E-state index in [2.05, 4.69) is 15.4 Å². The maximum atomic E-state index is 13.3. The number of tetrazole rings is 1. The standard InChI is InChI=1S/C16H13Cl2FN4O2S/c1-10-8-11(2-5-14(10)19)16-20-22-23(21-16)6-7-26(24,25)15-9-12(17)3-4-13(15)18/h2-5,8-9H,6-7H2,1H3. The highest BCUT2D eigenvalue weighted by molar-refractivity contribution is 7.91. The molecular weight excluding hydrogens is 402 g/mol. The molecule has 6 nitrogen and oxygen atoms in total. The molecule has 26 heavy (non-hydrogen) atoms. The number of rotatable bonds is 5. The molecule has 0 saturated heterocycles. The quantitative estimate of drug-likeness (QED) is 0.637. The van der Waals surface area contributed by atoms with Crippen molar-refractivity contribution in [2.24, 2.45) is 0 Å². The summed E-state index contributed by atoms with van der Waals surface area (Å²) >= 11 is 11.8. The fourth-order valence-corrected chi connectivity index (χ4v) is 4.27. The number of hydrogen-bond donors (Lipinski definition) is 0. The van der Waals surface area contributed by atoms with Gasteiger partial charge in [-0.3, -0.25) is 0 Å². The third-order valence-corrected chi connectivity index (χ3v) is 6.06. The first-order valence-electron chi connectivity index (χ1n) is 7.48. The smallest absolute Gasteiger partial charge is 0.204 e. The highest BCUT2D eigenvalue weighted by Crippen LogP contribution is 2.26. The van der Waals surface area contributed by atoms with Crippen LogP contribution in [0, 0.1) is 12.7 Å². The number of sulfone groups is 1. The first-order valence-corrected chi connectivity index (χ1v) is 9.89. The second kappa shape index (κ2) is 7.30. The summed E-state index contributed by atoms with van der Waals surface area (Å²) in [6.45, 7) is 1.61. The van der Waals surface area contributed by atoms with Crippen LogP contribution in [0.1, 0.15) is 5.56 Å². The van der Waals surface area contributed by atoms with Gasteiger partial charge >= 0.3 is 0 Å². The third-order valence-electron chi connectivity index (χ3n) is 3.66. The molecular formula is C16H13Cl2FN4O2S. The monoisotopic (exact) mass is 414 g/mol. The summed E-state index contributed by atoms with van der Waals surface area (Å²) in [6, 6.07) is 8.70. The Morgan fingerprint density at radius 3 is 2.65 bits per heavy atom. The molecule has 0 aliphatic rings. The summed E-state index contributed by atoms with van der Waals surface area (Å²) in [6.07, 6.45) is 0. The zero-order valence-corrected chi connectivity index (χ0v) is 15.9. The van der Waals surface area contributed by atoms with Gasteiger partial charge in [0.25, 0.3) is 0 Å². The highest BCUT2D eigenvalue weighted by atomic mass is 35.5. The third kappa shape index (κ3) is 4.03. The van der Waals surface area contributed by atoms with E-state index in [1.165, 1.54) is 35.1 Å². The molecule has 1 aromatic heterocycles. The van der Waals surface area contributed by atoms with Crippen molar-refractivity contribution in [2.45, 2.75) is 18.4 Å². The van der Waals surface area contributed by atoms with Crippen molar-refractivity contribution >= 4 is 33.0 Å². The van der Waals surface area contributed by atoms with E-state index in [-0.39, 0.29) is 38.9 Å². The molecule has 10 heteroatoms. The van der Waals surface area contributed by atoms with E-state index in [1.54, 1.807) is 13.0 Å². The summed E-state index contributed by atoms with van der Waals surface area (Å²) in [5, 5.41) is 12.2. The van der Waals surface area contributed by atoms with Crippen LogP contribution in [0.5, 0.6) is 0 Å². The average Bonchev–Trinajstić information content (AvgIpc) is 3.07. The van der Waals surface area contributed by atoms with Crippen LogP contribution in [0.15, 0.2) is 41.3 Å². The molecule has 0 aliphatic heterocycles. The summed E-state index contributed by atoms with van der Waals surface area (Å²) in [7, 11) is -3.67. The largest absolute Gasteiger partial charge is 0.224 e. The molecule has 0 amide bonds. The minimum atomic E-state index is -3.67.